The molecule has 3 aromatic rings. The second-order valence-corrected chi connectivity index (χ2v) is 4.82. The highest BCUT2D eigenvalue weighted by molar-refractivity contribution is 7.20. The van der Waals surface area contributed by atoms with E-state index in [1.165, 1.54) is 0 Å². The molecule has 0 fully saturated rings. The Kier molecular flexibility index (Phi) is 2.86. The summed E-state index contributed by atoms with van der Waals surface area (Å²) in [6.45, 7) is 0. The van der Waals surface area contributed by atoms with Gasteiger partial charge in [-0.15, -0.1) is 0 Å². The van der Waals surface area contributed by atoms with Gasteiger partial charge >= 0.3 is 0 Å². The summed E-state index contributed by atoms with van der Waals surface area (Å²) in [5.41, 5.74) is 2.04. The largest absolute Gasteiger partial charge is 0.431 e. The van der Waals surface area contributed by atoms with E-state index in [9.17, 15) is 0 Å². The van der Waals surface area contributed by atoms with Gasteiger partial charge in [0.1, 0.15) is 5.75 Å². The van der Waals surface area contributed by atoms with Crippen LogP contribution in [0.25, 0.3) is 10.2 Å². The van der Waals surface area contributed by atoms with Crippen molar-refractivity contribution in [1.82, 2.24) is 4.98 Å². The molecular formula is C14H12N2OS. The molecule has 1 N–H and O–H groups in total. The van der Waals surface area contributed by atoms with Crippen molar-refractivity contribution in [2.24, 2.45) is 0 Å². The Hall–Kier alpha value is -2.07. The number of nitrogens with zero attached hydrogens (tertiary/aromatic N) is 1. The third-order valence-electron chi connectivity index (χ3n) is 2.62. The van der Waals surface area contributed by atoms with Gasteiger partial charge in [0.05, 0.1) is 10.2 Å². The van der Waals surface area contributed by atoms with Crippen LogP contribution in [0, 0.1) is 0 Å². The standard InChI is InChI=1S/C14H12N2OS/c1-15-10-6-8-11(9-7-10)17-14-16-12-4-2-3-5-13(12)18-14/h2-9,15H,1H3. The number of fused-ring (bicyclic) bond motifs is 1. The van der Waals surface area contributed by atoms with E-state index >= 15 is 0 Å². The Labute approximate surface area is 109 Å². The Balaban J connectivity index is 1.86. The van der Waals surface area contributed by atoms with Crippen LogP contribution in [0.5, 0.6) is 10.9 Å². The molecule has 0 aliphatic heterocycles. The summed E-state index contributed by atoms with van der Waals surface area (Å²) in [5.74, 6) is 0.799. The smallest absolute Gasteiger partial charge is 0.279 e. The molecule has 2 aromatic carbocycles. The van der Waals surface area contributed by atoms with E-state index in [2.05, 4.69) is 10.3 Å². The predicted octanol–water partition coefficient (Wildman–Crippen LogP) is 4.13. The first-order valence-corrected chi connectivity index (χ1v) is 6.48. The number of benzene rings is 2. The number of thiazole rings is 1. The fourth-order valence-electron chi connectivity index (χ4n) is 1.69. The molecule has 0 bridgehead atoms. The minimum absolute atomic E-state index is 0.674. The van der Waals surface area contributed by atoms with Gasteiger partial charge in [-0.25, -0.2) is 4.98 Å². The molecule has 0 spiro atoms. The molecule has 1 heterocycles. The molecule has 0 amide bonds. The Morgan fingerprint density at radius 2 is 1.83 bits per heavy atom. The summed E-state index contributed by atoms with van der Waals surface area (Å²) in [7, 11) is 1.89. The molecule has 0 saturated heterocycles. The lowest BCUT2D eigenvalue weighted by atomic mass is 10.3. The van der Waals surface area contributed by atoms with E-state index in [-0.39, 0.29) is 0 Å². The van der Waals surface area contributed by atoms with E-state index in [4.69, 9.17) is 4.74 Å². The van der Waals surface area contributed by atoms with Crippen molar-refractivity contribution < 1.29 is 4.74 Å². The first kappa shape index (κ1) is 11.0. The lowest BCUT2D eigenvalue weighted by molar-refractivity contribution is 0.480. The number of rotatable bonds is 3. The van der Waals surface area contributed by atoms with Crippen LogP contribution >= 0.6 is 11.3 Å². The van der Waals surface area contributed by atoms with Crippen molar-refractivity contribution in [3.05, 3.63) is 48.5 Å². The maximum Gasteiger partial charge on any atom is 0.279 e. The third kappa shape index (κ3) is 2.15. The lowest BCUT2D eigenvalue weighted by Gasteiger charge is -2.03. The van der Waals surface area contributed by atoms with Gasteiger partial charge in [-0.3, -0.25) is 0 Å². The zero-order valence-electron chi connectivity index (χ0n) is 9.88. The molecule has 4 heteroatoms. The number of anilines is 1. The van der Waals surface area contributed by atoms with Crippen LogP contribution < -0.4 is 10.1 Å². The van der Waals surface area contributed by atoms with Gasteiger partial charge in [-0.05, 0) is 36.4 Å². The molecule has 0 unspecified atom stereocenters. The maximum absolute atomic E-state index is 5.74. The summed E-state index contributed by atoms with van der Waals surface area (Å²) in [5, 5.41) is 3.75. The number of hydrogen-bond acceptors (Lipinski definition) is 4. The van der Waals surface area contributed by atoms with Gasteiger partial charge in [-0.1, -0.05) is 23.5 Å². The van der Waals surface area contributed by atoms with Crippen molar-refractivity contribution >= 4 is 27.2 Å². The zero-order valence-corrected chi connectivity index (χ0v) is 10.7. The minimum atomic E-state index is 0.674. The Morgan fingerprint density at radius 1 is 1.06 bits per heavy atom. The highest BCUT2D eigenvalue weighted by Crippen LogP contribution is 2.31. The molecule has 0 atom stereocenters. The predicted molar refractivity (Wildman–Crippen MR) is 75.7 cm³/mol. The van der Waals surface area contributed by atoms with E-state index in [1.54, 1.807) is 11.3 Å². The topological polar surface area (TPSA) is 34.1 Å². The SMILES string of the molecule is CNc1ccc(Oc2nc3ccccc3s2)cc1. The Bertz CT molecular complexity index is 628. The van der Waals surface area contributed by atoms with Gasteiger partial charge in [0.25, 0.3) is 5.19 Å². The average Bonchev–Trinajstić information content (AvgIpc) is 2.82. The molecule has 90 valence electrons. The molecule has 0 saturated carbocycles. The molecule has 3 rings (SSSR count). The first-order valence-electron chi connectivity index (χ1n) is 5.66. The molecule has 0 aliphatic carbocycles. The van der Waals surface area contributed by atoms with Gasteiger partial charge in [-0.2, -0.15) is 0 Å². The van der Waals surface area contributed by atoms with Crippen LogP contribution in [0.3, 0.4) is 0 Å². The molecule has 0 aliphatic rings. The third-order valence-corrected chi connectivity index (χ3v) is 3.54. The van der Waals surface area contributed by atoms with E-state index in [1.807, 2.05) is 55.6 Å². The van der Waals surface area contributed by atoms with Gasteiger partial charge < -0.3 is 10.1 Å². The van der Waals surface area contributed by atoms with Crippen LogP contribution in [0.15, 0.2) is 48.5 Å². The molecule has 1 aromatic heterocycles. The second kappa shape index (κ2) is 4.66. The second-order valence-electron chi connectivity index (χ2n) is 3.82. The van der Waals surface area contributed by atoms with Crippen LogP contribution in [0.4, 0.5) is 5.69 Å². The number of nitrogens with one attached hydrogen (secondary N) is 1. The van der Waals surface area contributed by atoms with Crippen LogP contribution in [0.2, 0.25) is 0 Å². The van der Waals surface area contributed by atoms with Gasteiger partial charge in [0.2, 0.25) is 0 Å². The summed E-state index contributed by atoms with van der Waals surface area (Å²) in [6.07, 6.45) is 0. The number of ether oxygens (including phenoxy) is 1. The maximum atomic E-state index is 5.74. The van der Waals surface area contributed by atoms with Crippen molar-refractivity contribution in [1.29, 1.82) is 0 Å². The minimum Gasteiger partial charge on any atom is -0.431 e. The first-order chi connectivity index (χ1) is 8.85. The van der Waals surface area contributed by atoms with E-state index in [0.717, 1.165) is 21.7 Å². The highest BCUT2D eigenvalue weighted by atomic mass is 32.1. The fraction of sp³-hybridized carbons (Fsp3) is 0.0714. The normalized spacial score (nSPS) is 10.5. The van der Waals surface area contributed by atoms with Crippen LogP contribution in [0.1, 0.15) is 0 Å². The molecule has 18 heavy (non-hydrogen) atoms. The summed E-state index contributed by atoms with van der Waals surface area (Å²) in [6, 6.07) is 15.8. The summed E-state index contributed by atoms with van der Waals surface area (Å²) in [4.78, 5) is 4.43. The van der Waals surface area contributed by atoms with Crippen molar-refractivity contribution in [2.75, 3.05) is 12.4 Å². The van der Waals surface area contributed by atoms with Crippen molar-refractivity contribution in [2.45, 2.75) is 0 Å². The fourth-order valence-corrected chi connectivity index (χ4v) is 2.52. The van der Waals surface area contributed by atoms with Crippen LogP contribution in [-0.4, -0.2) is 12.0 Å². The average molecular weight is 256 g/mol. The van der Waals surface area contributed by atoms with Gasteiger partial charge in [0.15, 0.2) is 0 Å². The van der Waals surface area contributed by atoms with Crippen molar-refractivity contribution in [3.63, 3.8) is 0 Å². The number of aromatic nitrogens is 1. The van der Waals surface area contributed by atoms with Crippen molar-refractivity contribution in [3.8, 4) is 10.9 Å². The molecule has 3 nitrogen and oxygen atoms in total. The highest BCUT2D eigenvalue weighted by Gasteiger charge is 2.04. The van der Waals surface area contributed by atoms with E-state index in [0.29, 0.717) is 5.19 Å². The van der Waals surface area contributed by atoms with Gasteiger partial charge in [0, 0.05) is 12.7 Å². The molecule has 0 radical (unpaired) electrons. The number of para-hydroxylation sites is 1. The van der Waals surface area contributed by atoms with Crippen LogP contribution in [-0.2, 0) is 0 Å². The summed E-state index contributed by atoms with van der Waals surface area (Å²) >= 11 is 1.55. The quantitative estimate of drug-likeness (QED) is 0.765. The van der Waals surface area contributed by atoms with E-state index < -0.39 is 0 Å². The zero-order chi connectivity index (χ0) is 12.4. The molecular weight excluding hydrogens is 244 g/mol. The lowest BCUT2D eigenvalue weighted by Crippen LogP contribution is -1.87. The summed E-state index contributed by atoms with van der Waals surface area (Å²) < 4.78 is 6.88. The number of hydrogen-bond donors (Lipinski definition) is 1. The monoisotopic (exact) mass is 256 g/mol. The Morgan fingerprint density at radius 3 is 2.56 bits per heavy atom.